The van der Waals surface area contributed by atoms with Crippen LogP contribution in [0.25, 0.3) is 0 Å². The molecular formula is C13H19N3. The van der Waals surface area contributed by atoms with Crippen molar-refractivity contribution in [2.45, 2.75) is 26.2 Å². The third-order valence-electron chi connectivity index (χ3n) is 2.55. The molecule has 0 aliphatic heterocycles. The van der Waals surface area contributed by atoms with Gasteiger partial charge in [-0.1, -0.05) is 26.8 Å². The minimum atomic E-state index is 0.0858. The number of amidine groups is 1. The van der Waals surface area contributed by atoms with Gasteiger partial charge in [-0.15, -0.1) is 0 Å². The molecule has 0 unspecified atom stereocenters. The molecule has 0 radical (unpaired) electrons. The van der Waals surface area contributed by atoms with Crippen LogP contribution in [0, 0.1) is 0 Å². The second kappa shape index (κ2) is 4.47. The average molecular weight is 217 g/mol. The highest BCUT2D eigenvalue weighted by molar-refractivity contribution is 6.02. The summed E-state index contributed by atoms with van der Waals surface area (Å²) < 4.78 is 0. The lowest BCUT2D eigenvalue weighted by Crippen LogP contribution is -2.16. The van der Waals surface area contributed by atoms with Gasteiger partial charge in [-0.05, 0) is 29.8 Å². The lowest BCUT2D eigenvalue weighted by Gasteiger charge is -2.20. The monoisotopic (exact) mass is 217 g/mol. The maximum absolute atomic E-state index is 5.85. The van der Waals surface area contributed by atoms with Gasteiger partial charge in [0.2, 0.25) is 0 Å². The van der Waals surface area contributed by atoms with E-state index >= 15 is 0 Å². The summed E-state index contributed by atoms with van der Waals surface area (Å²) >= 11 is 0. The Kier molecular flexibility index (Phi) is 3.48. The smallest absolute Gasteiger partial charge is 0.127 e. The summed E-state index contributed by atoms with van der Waals surface area (Å²) in [4.78, 5) is 7.95. The molecule has 0 aliphatic rings. The van der Waals surface area contributed by atoms with Gasteiger partial charge in [0, 0.05) is 12.6 Å². The highest BCUT2D eigenvalue weighted by Gasteiger charge is 2.16. The quantitative estimate of drug-likeness (QED) is 0.601. The first kappa shape index (κ1) is 12.4. The van der Waals surface area contributed by atoms with Gasteiger partial charge in [0.05, 0.1) is 5.69 Å². The summed E-state index contributed by atoms with van der Waals surface area (Å²) in [5.41, 5.74) is 8.77. The van der Waals surface area contributed by atoms with E-state index < -0.39 is 0 Å². The van der Waals surface area contributed by atoms with Crippen molar-refractivity contribution in [1.29, 1.82) is 0 Å². The van der Waals surface area contributed by atoms with E-state index in [0.29, 0.717) is 5.84 Å². The van der Waals surface area contributed by atoms with E-state index in [9.17, 15) is 0 Å². The predicted octanol–water partition coefficient (Wildman–Crippen LogP) is 2.65. The molecule has 1 aromatic rings. The van der Waals surface area contributed by atoms with Crippen LogP contribution in [0.1, 0.15) is 31.9 Å². The van der Waals surface area contributed by atoms with Gasteiger partial charge in [0.1, 0.15) is 5.84 Å². The number of hydrogen-bond donors (Lipinski definition) is 1. The molecule has 3 nitrogen and oxygen atoms in total. The van der Waals surface area contributed by atoms with Gasteiger partial charge in [-0.3, -0.25) is 9.98 Å². The molecule has 0 atom stereocenters. The van der Waals surface area contributed by atoms with Gasteiger partial charge in [-0.2, -0.15) is 0 Å². The molecule has 0 heterocycles. The lowest BCUT2D eigenvalue weighted by atomic mass is 9.86. The van der Waals surface area contributed by atoms with E-state index in [2.05, 4.69) is 43.5 Å². The van der Waals surface area contributed by atoms with Crippen LogP contribution < -0.4 is 5.73 Å². The third kappa shape index (κ3) is 2.48. The Balaban J connectivity index is 3.38. The van der Waals surface area contributed by atoms with E-state index in [1.807, 2.05) is 12.1 Å². The molecule has 3 heteroatoms. The maximum Gasteiger partial charge on any atom is 0.127 e. The molecule has 2 N–H and O–H groups in total. The Morgan fingerprint density at radius 1 is 1.31 bits per heavy atom. The zero-order chi connectivity index (χ0) is 12.3. The number of nitrogens with zero attached hydrogens (tertiary/aromatic N) is 2. The van der Waals surface area contributed by atoms with Gasteiger partial charge < -0.3 is 5.73 Å². The fourth-order valence-electron chi connectivity index (χ4n) is 1.47. The number of benzene rings is 1. The van der Waals surface area contributed by atoms with E-state index in [1.54, 1.807) is 7.05 Å². The van der Waals surface area contributed by atoms with Gasteiger partial charge in [0.25, 0.3) is 0 Å². The van der Waals surface area contributed by atoms with Crippen molar-refractivity contribution in [1.82, 2.24) is 0 Å². The molecular weight excluding hydrogens is 198 g/mol. The molecule has 0 bridgehead atoms. The van der Waals surface area contributed by atoms with E-state index in [1.165, 1.54) is 5.56 Å². The van der Waals surface area contributed by atoms with Gasteiger partial charge >= 0.3 is 0 Å². The zero-order valence-electron chi connectivity index (χ0n) is 10.4. The summed E-state index contributed by atoms with van der Waals surface area (Å²) in [5.74, 6) is 0.494. The Hall–Kier alpha value is -1.64. The Labute approximate surface area is 97.1 Å². The molecule has 0 aliphatic carbocycles. The average Bonchev–Trinajstić information content (AvgIpc) is 2.25. The van der Waals surface area contributed by atoms with Crippen molar-refractivity contribution in [3.8, 4) is 0 Å². The van der Waals surface area contributed by atoms with Crippen molar-refractivity contribution in [2.75, 3.05) is 7.05 Å². The maximum atomic E-state index is 5.85. The highest BCUT2D eigenvalue weighted by Crippen LogP contribution is 2.27. The SMILES string of the molecule is C=Nc1ccc(C(C)(C)C)cc1/C(N)=N\C. The molecule has 1 aromatic carbocycles. The van der Waals surface area contributed by atoms with E-state index in [0.717, 1.165) is 11.3 Å². The molecule has 0 spiro atoms. The summed E-state index contributed by atoms with van der Waals surface area (Å²) in [7, 11) is 1.67. The minimum Gasteiger partial charge on any atom is -0.383 e. The summed E-state index contributed by atoms with van der Waals surface area (Å²) in [6, 6.07) is 6.02. The van der Waals surface area contributed by atoms with Crippen LogP contribution in [0.2, 0.25) is 0 Å². The summed E-state index contributed by atoms with van der Waals surface area (Å²) in [5, 5.41) is 0. The van der Waals surface area contributed by atoms with Crippen LogP contribution >= 0.6 is 0 Å². The first-order valence-electron chi connectivity index (χ1n) is 5.24. The minimum absolute atomic E-state index is 0.0858. The van der Waals surface area contributed by atoms with Crippen LogP contribution in [-0.2, 0) is 5.41 Å². The first-order chi connectivity index (χ1) is 7.40. The first-order valence-corrected chi connectivity index (χ1v) is 5.24. The summed E-state index contributed by atoms with van der Waals surface area (Å²) in [6.45, 7) is 10.0. The normalized spacial score (nSPS) is 12.6. The number of nitrogens with two attached hydrogens (primary N) is 1. The Morgan fingerprint density at radius 3 is 2.38 bits per heavy atom. The largest absolute Gasteiger partial charge is 0.383 e. The lowest BCUT2D eigenvalue weighted by molar-refractivity contribution is 0.590. The number of rotatable bonds is 2. The van der Waals surface area contributed by atoms with Gasteiger partial charge in [0.15, 0.2) is 0 Å². The van der Waals surface area contributed by atoms with Crippen molar-refractivity contribution in [2.24, 2.45) is 15.7 Å². The molecule has 0 amide bonds. The Bertz CT molecular complexity index is 425. The molecule has 1 rings (SSSR count). The highest BCUT2D eigenvalue weighted by atomic mass is 14.8. The second-order valence-corrected chi connectivity index (χ2v) is 4.75. The molecule has 0 fully saturated rings. The summed E-state index contributed by atoms with van der Waals surface area (Å²) in [6.07, 6.45) is 0. The van der Waals surface area contributed by atoms with Crippen LogP contribution in [0.3, 0.4) is 0 Å². The number of hydrogen-bond acceptors (Lipinski definition) is 2. The number of aliphatic imine (C=N–C) groups is 2. The Morgan fingerprint density at radius 2 is 1.94 bits per heavy atom. The van der Waals surface area contributed by atoms with Crippen LogP contribution in [-0.4, -0.2) is 19.6 Å². The predicted molar refractivity (Wildman–Crippen MR) is 71.0 cm³/mol. The molecule has 0 saturated carbocycles. The molecule has 0 saturated heterocycles. The van der Waals surface area contributed by atoms with Crippen LogP contribution in [0.15, 0.2) is 28.2 Å². The van der Waals surface area contributed by atoms with E-state index in [-0.39, 0.29) is 5.41 Å². The van der Waals surface area contributed by atoms with Crippen molar-refractivity contribution in [3.63, 3.8) is 0 Å². The standard InChI is InChI=1S/C13H19N3/c1-13(2,3)9-6-7-11(15-4)10(8-9)12(14)16-5/h6-8H,4H2,1-3,5H3,(H2,14,16). The third-order valence-corrected chi connectivity index (χ3v) is 2.55. The van der Waals surface area contributed by atoms with Crippen molar-refractivity contribution in [3.05, 3.63) is 29.3 Å². The van der Waals surface area contributed by atoms with Crippen molar-refractivity contribution >= 4 is 18.2 Å². The second-order valence-electron chi connectivity index (χ2n) is 4.75. The fourth-order valence-corrected chi connectivity index (χ4v) is 1.47. The molecule has 86 valence electrons. The molecule has 16 heavy (non-hydrogen) atoms. The molecule has 0 aromatic heterocycles. The van der Waals surface area contributed by atoms with Crippen LogP contribution in [0.4, 0.5) is 5.69 Å². The topological polar surface area (TPSA) is 50.7 Å². The van der Waals surface area contributed by atoms with Crippen LogP contribution in [0.5, 0.6) is 0 Å². The van der Waals surface area contributed by atoms with Crippen molar-refractivity contribution < 1.29 is 0 Å². The fraction of sp³-hybridized carbons (Fsp3) is 0.385. The zero-order valence-corrected chi connectivity index (χ0v) is 10.4. The van der Waals surface area contributed by atoms with E-state index in [4.69, 9.17) is 5.73 Å². The van der Waals surface area contributed by atoms with Gasteiger partial charge in [-0.25, -0.2) is 0 Å².